The third-order valence-corrected chi connectivity index (χ3v) is 5.75. The number of carbonyl (C=O) groups excluding carboxylic acids is 1. The van der Waals surface area contributed by atoms with Gasteiger partial charge in [0.25, 0.3) is 0 Å². The molecule has 7 heteroatoms. The Kier molecular flexibility index (Phi) is 6.35. The van der Waals surface area contributed by atoms with Crippen LogP contribution in [-0.4, -0.2) is 47.1 Å². The van der Waals surface area contributed by atoms with Gasteiger partial charge in [0.1, 0.15) is 17.5 Å². The first-order chi connectivity index (χ1) is 15.4. The van der Waals surface area contributed by atoms with Gasteiger partial charge in [-0.05, 0) is 38.5 Å². The molecule has 0 atom stereocenters. The van der Waals surface area contributed by atoms with Crippen molar-refractivity contribution in [2.24, 2.45) is 0 Å². The van der Waals surface area contributed by atoms with E-state index in [1.54, 1.807) is 23.1 Å². The van der Waals surface area contributed by atoms with Crippen LogP contribution in [0.5, 0.6) is 0 Å². The van der Waals surface area contributed by atoms with E-state index in [1.165, 1.54) is 17.2 Å². The van der Waals surface area contributed by atoms with Crippen LogP contribution in [0.15, 0.2) is 48.5 Å². The fraction of sp³-hybridized carbons (Fsp3) is 0.320. The lowest BCUT2D eigenvalue weighted by Crippen LogP contribution is -2.50. The number of carbonyl (C=O) groups is 1. The Morgan fingerprint density at radius 2 is 1.75 bits per heavy atom. The van der Waals surface area contributed by atoms with Gasteiger partial charge in [0.05, 0.1) is 5.69 Å². The van der Waals surface area contributed by atoms with Crippen LogP contribution in [-0.2, 0) is 6.42 Å². The van der Waals surface area contributed by atoms with Crippen molar-refractivity contribution in [1.82, 2.24) is 14.9 Å². The van der Waals surface area contributed by atoms with Crippen molar-refractivity contribution in [3.05, 3.63) is 82.6 Å². The van der Waals surface area contributed by atoms with Gasteiger partial charge in [0, 0.05) is 43.9 Å². The lowest BCUT2D eigenvalue weighted by molar-refractivity contribution is 0.208. The topological polar surface area (TPSA) is 61.4 Å². The molecule has 1 aliphatic rings. The van der Waals surface area contributed by atoms with E-state index in [2.05, 4.69) is 46.4 Å². The minimum Gasteiger partial charge on any atom is -0.353 e. The van der Waals surface area contributed by atoms with Crippen LogP contribution in [0, 0.1) is 26.6 Å². The fourth-order valence-electron chi connectivity index (χ4n) is 4.09. The summed E-state index contributed by atoms with van der Waals surface area (Å²) in [5.74, 6) is 1.24. The number of para-hydroxylation sites is 1. The highest BCUT2D eigenvalue weighted by atomic mass is 19.1. The summed E-state index contributed by atoms with van der Waals surface area (Å²) in [7, 11) is 0. The van der Waals surface area contributed by atoms with Gasteiger partial charge < -0.3 is 15.1 Å². The summed E-state index contributed by atoms with van der Waals surface area (Å²) >= 11 is 0. The van der Waals surface area contributed by atoms with Crippen molar-refractivity contribution in [3.63, 3.8) is 0 Å². The zero-order chi connectivity index (χ0) is 22.7. The SMILES string of the molecule is Cc1cccc(Cc2c(C)nc(C)nc2N2CCN(C(=O)Nc3ccccc3F)CC2)c1. The number of piperazine rings is 1. The highest BCUT2D eigenvalue weighted by molar-refractivity contribution is 5.89. The molecule has 1 aromatic heterocycles. The van der Waals surface area contributed by atoms with E-state index in [0.29, 0.717) is 26.2 Å². The highest BCUT2D eigenvalue weighted by Crippen LogP contribution is 2.25. The molecular weight excluding hydrogens is 405 g/mol. The van der Waals surface area contributed by atoms with E-state index in [-0.39, 0.29) is 11.7 Å². The second kappa shape index (κ2) is 9.34. The number of aryl methyl sites for hydroxylation is 3. The fourth-order valence-corrected chi connectivity index (χ4v) is 4.09. The summed E-state index contributed by atoms with van der Waals surface area (Å²) < 4.78 is 13.9. The molecule has 166 valence electrons. The standard InChI is InChI=1S/C25H28FN5O/c1-17-7-6-8-20(15-17)16-21-18(2)27-19(3)28-24(21)30-11-13-31(14-12-30)25(32)29-23-10-5-4-9-22(23)26/h4-10,15H,11-14,16H2,1-3H3,(H,29,32). The maximum absolute atomic E-state index is 13.9. The van der Waals surface area contributed by atoms with Gasteiger partial charge >= 0.3 is 6.03 Å². The number of hydrogen-bond donors (Lipinski definition) is 1. The Morgan fingerprint density at radius 3 is 2.47 bits per heavy atom. The second-order valence-electron chi connectivity index (χ2n) is 8.21. The smallest absolute Gasteiger partial charge is 0.322 e. The molecule has 0 spiro atoms. The van der Waals surface area contributed by atoms with Crippen LogP contribution in [0.1, 0.15) is 28.2 Å². The molecule has 1 saturated heterocycles. The van der Waals surface area contributed by atoms with E-state index >= 15 is 0 Å². The molecule has 0 saturated carbocycles. The molecule has 0 unspecified atom stereocenters. The number of anilines is 2. The van der Waals surface area contributed by atoms with E-state index in [4.69, 9.17) is 4.98 Å². The van der Waals surface area contributed by atoms with Gasteiger partial charge in [-0.3, -0.25) is 0 Å². The summed E-state index contributed by atoms with van der Waals surface area (Å²) in [6.07, 6.45) is 0.761. The van der Waals surface area contributed by atoms with Gasteiger partial charge in [0.2, 0.25) is 0 Å². The summed E-state index contributed by atoms with van der Waals surface area (Å²) in [5, 5.41) is 2.67. The van der Waals surface area contributed by atoms with Crippen LogP contribution in [0.3, 0.4) is 0 Å². The van der Waals surface area contributed by atoms with Crippen LogP contribution >= 0.6 is 0 Å². The van der Waals surface area contributed by atoms with Crippen LogP contribution in [0.4, 0.5) is 20.7 Å². The number of hydrogen-bond acceptors (Lipinski definition) is 4. The van der Waals surface area contributed by atoms with E-state index < -0.39 is 5.82 Å². The third-order valence-electron chi connectivity index (χ3n) is 5.75. The molecule has 0 bridgehead atoms. The average Bonchev–Trinajstić information content (AvgIpc) is 2.77. The van der Waals surface area contributed by atoms with Gasteiger partial charge in [-0.1, -0.05) is 42.0 Å². The normalized spacial score (nSPS) is 13.9. The van der Waals surface area contributed by atoms with Gasteiger partial charge in [0.15, 0.2) is 0 Å². The van der Waals surface area contributed by atoms with E-state index in [9.17, 15) is 9.18 Å². The van der Waals surface area contributed by atoms with Crippen molar-refractivity contribution in [2.75, 3.05) is 36.4 Å². The summed E-state index contributed by atoms with van der Waals surface area (Å²) in [6, 6.07) is 14.4. The van der Waals surface area contributed by atoms with Gasteiger partial charge in [-0.2, -0.15) is 0 Å². The Labute approximate surface area is 188 Å². The van der Waals surface area contributed by atoms with Crippen LogP contribution in [0.2, 0.25) is 0 Å². The molecule has 6 nitrogen and oxygen atoms in total. The number of amides is 2. The number of benzene rings is 2. The van der Waals surface area contributed by atoms with Gasteiger partial charge in [-0.15, -0.1) is 0 Å². The molecule has 2 aromatic carbocycles. The lowest BCUT2D eigenvalue weighted by atomic mass is 10.0. The van der Waals surface area contributed by atoms with Crippen molar-refractivity contribution < 1.29 is 9.18 Å². The predicted molar refractivity (Wildman–Crippen MR) is 125 cm³/mol. The minimum absolute atomic E-state index is 0.197. The van der Waals surface area contributed by atoms with Crippen molar-refractivity contribution in [1.29, 1.82) is 0 Å². The second-order valence-corrected chi connectivity index (χ2v) is 8.21. The summed E-state index contributed by atoms with van der Waals surface area (Å²) in [5.41, 5.74) is 4.75. The molecule has 1 N–H and O–H groups in total. The van der Waals surface area contributed by atoms with Crippen LogP contribution < -0.4 is 10.2 Å². The first-order valence-electron chi connectivity index (χ1n) is 10.9. The maximum atomic E-state index is 13.9. The summed E-state index contributed by atoms with van der Waals surface area (Å²) in [6.45, 7) is 8.41. The van der Waals surface area contributed by atoms with Crippen molar-refractivity contribution >= 4 is 17.5 Å². The first kappa shape index (κ1) is 21.7. The van der Waals surface area contributed by atoms with E-state index in [1.807, 2.05) is 13.8 Å². The third kappa shape index (κ3) is 4.88. The molecule has 1 aliphatic heterocycles. The Morgan fingerprint density at radius 1 is 1.00 bits per heavy atom. The largest absolute Gasteiger partial charge is 0.353 e. The minimum atomic E-state index is -0.438. The molecular formula is C25H28FN5O. The molecule has 0 radical (unpaired) electrons. The first-order valence-corrected chi connectivity index (χ1v) is 10.9. The molecule has 32 heavy (non-hydrogen) atoms. The number of nitrogens with one attached hydrogen (secondary N) is 1. The maximum Gasteiger partial charge on any atom is 0.322 e. The number of urea groups is 1. The number of rotatable bonds is 4. The monoisotopic (exact) mass is 433 g/mol. The molecule has 2 heterocycles. The average molecular weight is 434 g/mol. The highest BCUT2D eigenvalue weighted by Gasteiger charge is 2.25. The zero-order valence-electron chi connectivity index (χ0n) is 18.7. The van der Waals surface area contributed by atoms with Crippen molar-refractivity contribution in [3.8, 4) is 0 Å². The van der Waals surface area contributed by atoms with E-state index in [0.717, 1.165) is 29.3 Å². The quantitative estimate of drug-likeness (QED) is 0.659. The Bertz CT molecular complexity index is 1130. The summed E-state index contributed by atoms with van der Waals surface area (Å²) in [4.78, 5) is 25.9. The number of halogens is 1. The van der Waals surface area contributed by atoms with Crippen LogP contribution in [0.25, 0.3) is 0 Å². The predicted octanol–water partition coefficient (Wildman–Crippen LogP) is 4.49. The molecule has 2 amide bonds. The van der Waals surface area contributed by atoms with Gasteiger partial charge in [-0.25, -0.2) is 19.2 Å². The Balaban J connectivity index is 1.48. The number of nitrogens with zero attached hydrogens (tertiary/aromatic N) is 4. The molecule has 3 aromatic rings. The Hall–Kier alpha value is -3.48. The zero-order valence-corrected chi connectivity index (χ0v) is 18.7. The van der Waals surface area contributed by atoms with Crippen molar-refractivity contribution in [2.45, 2.75) is 27.2 Å². The molecule has 4 rings (SSSR count). The molecule has 1 fully saturated rings. The number of aromatic nitrogens is 2. The molecule has 0 aliphatic carbocycles. The lowest BCUT2D eigenvalue weighted by Gasteiger charge is -2.36.